The quantitative estimate of drug-likeness (QED) is 0.393. The Morgan fingerprint density at radius 2 is 1.78 bits per heavy atom. The molecular weight excluding hydrogens is 440 g/mol. The van der Waals surface area contributed by atoms with E-state index in [0.29, 0.717) is 10.2 Å². The molecule has 8 heteroatoms. The summed E-state index contributed by atoms with van der Waals surface area (Å²) >= 11 is 2.79. The lowest BCUT2D eigenvalue weighted by Crippen LogP contribution is -2.33. The minimum absolute atomic E-state index is 0.255. The Morgan fingerprint density at radius 1 is 1.00 bits per heavy atom. The number of aryl methyl sites for hydroxylation is 1. The van der Waals surface area contributed by atoms with E-state index in [1.807, 2.05) is 47.8 Å². The number of fused-ring (bicyclic) bond motifs is 1. The number of nitrogens with zero attached hydrogens (tertiary/aromatic N) is 3. The Morgan fingerprint density at radius 3 is 2.53 bits per heavy atom. The Labute approximate surface area is 191 Å². The molecule has 0 saturated carbocycles. The molecular formula is C24H18N4O2S2. The van der Waals surface area contributed by atoms with Crippen LogP contribution in [-0.2, 0) is 6.42 Å². The van der Waals surface area contributed by atoms with Gasteiger partial charge in [-0.05, 0) is 17.5 Å². The molecule has 0 aliphatic heterocycles. The molecule has 5 rings (SSSR count). The number of benzene rings is 2. The van der Waals surface area contributed by atoms with Crippen molar-refractivity contribution in [1.29, 1.82) is 0 Å². The lowest BCUT2D eigenvalue weighted by atomic mass is 10.1. The molecule has 5 aromatic rings. The van der Waals surface area contributed by atoms with Gasteiger partial charge >= 0.3 is 0 Å². The second-order valence-corrected chi connectivity index (χ2v) is 8.86. The molecule has 158 valence electrons. The third-order valence-corrected chi connectivity index (χ3v) is 6.93. The number of hydrogen-bond donors (Lipinski definition) is 1. The largest absolute Gasteiger partial charge is 0.289 e. The van der Waals surface area contributed by atoms with Gasteiger partial charge in [-0.25, -0.2) is 14.6 Å². The standard InChI is InChI=1S/C24H18N4O2S2/c1-2-15-8-10-17(11-9-15)22-26-19(13-32-22)21(29)27-28-14-25-23-20(24(28)30)18(12-31-23)16-6-4-3-5-7-16/h3-14H,2H2,1H3,(H,27,29). The molecule has 0 spiro atoms. The van der Waals surface area contributed by atoms with Gasteiger partial charge in [-0.2, -0.15) is 0 Å². The van der Waals surface area contributed by atoms with Gasteiger partial charge in [-0.3, -0.25) is 15.0 Å². The number of hydrogen-bond acceptors (Lipinski definition) is 6. The summed E-state index contributed by atoms with van der Waals surface area (Å²) in [7, 11) is 0. The van der Waals surface area contributed by atoms with E-state index < -0.39 is 5.91 Å². The van der Waals surface area contributed by atoms with Crippen LogP contribution in [0.3, 0.4) is 0 Å². The molecule has 32 heavy (non-hydrogen) atoms. The molecule has 2 aromatic carbocycles. The second kappa shape index (κ2) is 8.49. The maximum absolute atomic E-state index is 13.1. The Kier molecular flexibility index (Phi) is 5.38. The van der Waals surface area contributed by atoms with Gasteiger partial charge in [0.05, 0.1) is 5.39 Å². The molecule has 3 heterocycles. The first kappa shape index (κ1) is 20.3. The maximum Gasteiger partial charge on any atom is 0.289 e. The Bertz CT molecular complexity index is 1470. The van der Waals surface area contributed by atoms with Crippen LogP contribution in [0.25, 0.3) is 31.9 Å². The lowest BCUT2D eigenvalue weighted by Gasteiger charge is -2.07. The summed E-state index contributed by atoms with van der Waals surface area (Å²) in [5.41, 5.74) is 6.49. The van der Waals surface area contributed by atoms with Gasteiger partial charge < -0.3 is 0 Å². The van der Waals surface area contributed by atoms with Crippen molar-refractivity contribution >= 4 is 38.8 Å². The first-order valence-electron chi connectivity index (χ1n) is 10.0. The van der Waals surface area contributed by atoms with Crippen LogP contribution in [-0.4, -0.2) is 20.6 Å². The number of amides is 1. The summed E-state index contributed by atoms with van der Waals surface area (Å²) in [6.07, 6.45) is 2.31. The third kappa shape index (κ3) is 3.74. The van der Waals surface area contributed by atoms with Crippen LogP contribution < -0.4 is 11.0 Å². The summed E-state index contributed by atoms with van der Waals surface area (Å²) in [4.78, 5) is 35.4. The second-order valence-electron chi connectivity index (χ2n) is 7.14. The van der Waals surface area contributed by atoms with E-state index >= 15 is 0 Å². The summed E-state index contributed by atoms with van der Waals surface area (Å²) in [5, 5.41) is 4.84. The molecule has 0 saturated heterocycles. The van der Waals surface area contributed by atoms with Gasteiger partial charge in [0.2, 0.25) is 0 Å². The highest BCUT2D eigenvalue weighted by Crippen LogP contribution is 2.30. The molecule has 0 aliphatic carbocycles. The average Bonchev–Trinajstić information content (AvgIpc) is 3.50. The molecule has 0 fully saturated rings. The fourth-order valence-electron chi connectivity index (χ4n) is 3.40. The smallest absolute Gasteiger partial charge is 0.267 e. The molecule has 0 bridgehead atoms. The van der Waals surface area contributed by atoms with E-state index in [1.165, 1.54) is 34.6 Å². The minimum Gasteiger partial charge on any atom is -0.267 e. The number of thiazole rings is 1. The van der Waals surface area contributed by atoms with Crippen molar-refractivity contribution in [3.05, 3.63) is 93.3 Å². The van der Waals surface area contributed by atoms with Crippen molar-refractivity contribution in [2.24, 2.45) is 0 Å². The van der Waals surface area contributed by atoms with Crippen LogP contribution in [0.5, 0.6) is 0 Å². The predicted octanol–water partition coefficient (Wildman–Crippen LogP) is 5.19. The molecule has 6 nitrogen and oxygen atoms in total. The van der Waals surface area contributed by atoms with Crippen molar-refractivity contribution in [3.8, 4) is 21.7 Å². The van der Waals surface area contributed by atoms with E-state index in [9.17, 15) is 9.59 Å². The number of thiophene rings is 1. The van der Waals surface area contributed by atoms with Gasteiger partial charge in [0.15, 0.2) is 0 Å². The normalized spacial score (nSPS) is 11.0. The summed E-state index contributed by atoms with van der Waals surface area (Å²) in [6.45, 7) is 2.11. The van der Waals surface area contributed by atoms with Crippen molar-refractivity contribution in [2.45, 2.75) is 13.3 Å². The van der Waals surface area contributed by atoms with Crippen LogP contribution in [0.4, 0.5) is 0 Å². The number of carbonyl (C=O) groups excluding carboxylic acids is 1. The molecule has 0 aliphatic rings. The van der Waals surface area contributed by atoms with Crippen LogP contribution >= 0.6 is 22.7 Å². The predicted molar refractivity (Wildman–Crippen MR) is 130 cm³/mol. The third-order valence-electron chi connectivity index (χ3n) is 5.15. The molecule has 3 aromatic heterocycles. The highest BCUT2D eigenvalue weighted by molar-refractivity contribution is 7.17. The van der Waals surface area contributed by atoms with Crippen molar-refractivity contribution in [3.63, 3.8) is 0 Å². The van der Waals surface area contributed by atoms with Crippen LogP contribution in [0, 0.1) is 0 Å². The van der Waals surface area contributed by atoms with Gasteiger partial charge in [-0.15, -0.1) is 22.7 Å². The Balaban J connectivity index is 1.43. The molecule has 0 radical (unpaired) electrons. The lowest BCUT2D eigenvalue weighted by molar-refractivity contribution is 0.100. The van der Waals surface area contributed by atoms with Gasteiger partial charge in [0.25, 0.3) is 11.5 Å². The highest BCUT2D eigenvalue weighted by atomic mass is 32.1. The number of carbonyl (C=O) groups is 1. The van der Waals surface area contributed by atoms with Gasteiger partial charge in [-0.1, -0.05) is 61.5 Å². The Hall–Kier alpha value is -3.62. The first-order valence-corrected chi connectivity index (χ1v) is 11.8. The van der Waals surface area contributed by atoms with Crippen molar-refractivity contribution < 1.29 is 4.79 Å². The summed E-state index contributed by atoms with van der Waals surface area (Å²) in [5.74, 6) is -0.461. The van der Waals surface area contributed by atoms with E-state index in [2.05, 4.69) is 34.5 Å². The molecule has 0 atom stereocenters. The van der Waals surface area contributed by atoms with Crippen molar-refractivity contribution in [1.82, 2.24) is 14.6 Å². The van der Waals surface area contributed by atoms with E-state index in [0.717, 1.165) is 32.8 Å². The van der Waals surface area contributed by atoms with E-state index in [1.54, 1.807) is 5.38 Å². The zero-order valence-electron chi connectivity index (χ0n) is 17.1. The maximum atomic E-state index is 13.1. The SMILES string of the molecule is CCc1ccc(-c2nc(C(=O)Nn3cnc4scc(-c5ccccc5)c4c3=O)cs2)cc1. The van der Waals surface area contributed by atoms with Gasteiger partial charge in [0, 0.05) is 21.9 Å². The molecule has 1 N–H and O–H groups in total. The van der Waals surface area contributed by atoms with E-state index in [-0.39, 0.29) is 11.3 Å². The van der Waals surface area contributed by atoms with E-state index in [4.69, 9.17) is 0 Å². The topological polar surface area (TPSA) is 76.9 Å². The molecule has 0 unspecified atom stereocenters. The van der Waals surface area contributed by atoms with Crippen LogP contribution in [0.1, 0.15) is 23.0 Å². The fourth-order valence-corrected chi connectivity index (χ4v) is 5.12. The fraction of sp³-hybridized carbons (Fsp3) is 0.0833. The van der Waals surface area contributed by atoms with Gasteiger partial charge in [0.1, 0.15) is 21.9 Å². The average molecular weight is 459 g/mol. The summed E-state index contributed by atoms with van der Waals surface area (Å²) in [6, 6.07) is 17.8. The highest BCUT2D eigenvalue weighted by Gasteiger charge is 2.16. The van der Waals surface area contributed by atoms with Crippen molar-refractivity contribution in [2.75, 3.05) is 5.43 Å². The first-order chi connectivity index (χ1) is 15.6. The minimum atomic E-state index is -0.461. The van der Waals surface area contributed by atoms with Crippen LogP contribution in [0.15, 0.2) is 76.5 Å². The summed E-state index contributed by atoms with van der Waals surface area (Å²) < 4.78 is 1.12. The number of rotatable bonds is 5. The zero-order valence-corrected chi connectivity index (χ0v) is 18.7. The number of aromatic nitrogens is 3. The zero-order chi connectivity index (χ0) is 22.1. The molecule has 1 amide bonds. The number of nitrogens with one attached hydrogen (secondary N) is 1. The van der Waals surface area contributed by atoms with Crippen LogP contribution in [0.2, 0.25) is 0 Å². The monoisotopic (exact) mass is 458 g/mol.